The molecular weight excluding hydrogens is 194 g/mol. The van der Waals surface area contributed by atoms with Gasteiger partial charge < -0.3 is 5.73 Å². The summed E-state index contributed by atoms with van der Waals surface area (Å²) in [4.78, 5) is 0. The van der Waals surface area contributed by atoms with E-state index in [-0.39, 0.29) is 0 Å². The highest BCUT2D eigenvalue weighted by atomic mass is 14.6. The molecule has 0 fully saturated rings. The maximum atomic E-state index is 5.72. The predicted octanol–water partition coefficient (Wildman–Crippen LogP) is 3.75. The van der Waals surface area contributed by atoms with Crippen molar-refractivity contribution in [2.45, 2.75) is 46.6 Å². The van der Waals surface area contributed by atoms with Crippen LogP contribution in [0.15, 0.2) is 18.2 Å². The number of hydrogen-bond donors (Lipinski definition) is 1. The number of nitrogens with two attached hydrogens (primary N) is 1. The van der Waals surface area contributed by atoms with Gasteiger partial charge in [-0.15, -0.1) is 0 Å². The zero-order valence-corrected chi connectivity index (χ0v) is 10.9. The SMILES string of the molecule is Cc1cc(C)c(/C=C/CCC(C)N)c(C)c1. The average Bonchev–Trinajstić information content (AvgIpc) is 2.14. The van der Waals surface area contributed by atoms with Crippen molar-refractivity contribution in [2.24, 2.45) is 5.73 Å². The molecule has 0 saturated carbocycles. The third kappa shape index (κ3) is 3.82. The summed E-state index contributed by atoms with van der Waals surface area (Å²) in [7, 11) is 0. The molecular formula is C15H23N. The molecule has 1 heteroatoms. The van der Waals surface area contributed by atoms with Crippen molar-refractivity contribution in [3.05, 3.63) is 40.5 Å². The molecule has 0 aliphatic heterocycles. The number of benzene rings is 1. The lowest BCUT2D eigenvalue weighted by atomic mass is 9.99. The van der Waals surface area contributed by atoms with E-state index < -0.39 is 0 Å². The summed E-state index contributed by atoms with van der Waals surface area (Å²) in [5.41, 5.74) is 11.1. The first-order chi connectivity index (χ1) is 7.50. The van der Waals surface area contributed by atoms with Gasteiger partial charge in [0.25, 0.3) is 0 Å². The molecule has 1 atom stereocenters. The molecule has 16 heavy (non-hydrogen) atoms. The standard InChI is InChI=1S/C15H23N/c1-11-9-12(2)15(13(3)10-11)8-6-5-7-14(4)16/h6,8-10,14H,5,7,16H2,1-4H3/b8-6+. The average molecular weight is 217 g/mol. The van der Waals surface area contributed by atoms with Gasteiger partial charge in [0, 0.05) is 6.04 Å². The van der Waals surface area contributed by atoms with E-state index in [9.17, 15) is 0 Å². The molecule has 1 nitrogen and oxygen atoms in total. The highest BCUT2D eigenvalue weighted by Gasteiger charge is 1.99. The molecule has 0 aliphatic carbocycles. The lowest BCUT2D eigenvalue weighted by molar-refractivity contribution is 0.677. The number of allylic oxidation sites excluding steroid dienone is 1. The van der Waals surface area contributed by atoms with Crippen molar-refractivity contribution in [3.63, 3.8) is 0 Å². The van der Waals surface area contributed by atoms with Crippen LogP contribution in [-0.4, -0.2) is 6.04 Å². The van der Waals surface area contributed by atoms with Crippen LogP contribution >= 0.6 is 0 Å². The molecule has 0 aliphatic rings. The fraction of sp³-hybridized carbons (Fsp3) is 0.467. The van der Waals surface area contributed by atoms with Crippen molar-refractivity contribution in [1.29, 1.82) is 0 Å². The van der Waals surface area contributed by atoms with E-state index in [0.717, 1.165) is 12.8 Å². The Morgan fingerprint density at radius 3 is 2.25 bits per heavy atom. The Bertz CT molecular complexity index is 352. The minimum absolute atomic E-state index is 0.296. The van der Waals surface area contributed by atoms with Crippen LogP contribution in [0.25, 0.3) is 6.08 Å². The zero-order chi connectivity index (χ0) is 12.1. The lowest BCUT2D eigenvalue weighted by Gasteiger charge is -2.07. The second kappa shape index (κ2) is 5.86. The van der Waals surface area contributed by atoms with Crippen LogP contribution in [0.4, 0.5) is 0 Å². The van der Waals surface area contributed by atoms with Crippen LogP contribution in [0.3, 0.4) is 0 Å². The Labute approximate surface area is 99.4 Å². The fourth-order valence-electron chi connectivity index (χ4n) is 2.01. The first-order valence-electron chi connectivity index (χ1n) is 6.00. The summed E-state index contributed by atoms with van der Waals surface area (Å²) < 4.78 is 0. The second-order valence-electron chi connectivity index (χ2n) is 4.77. The lowest BCUT2D eigenvalue weighted by Crippen LogP contribution is -2.13. The molecule has 1 unspecified atom stereocenters. The maximum absolute atomic E-state index is 5.72. The van der Waals surface area contributed by atoms with Crippen LogP contribution < -0.4 is 5.73 Å². The molecule has 0 heterocycles. The monoisotopic (exact) mass is 217 g/mol. The van der Waals surface area contributed by atoms with Crippen LogP contribution in [-0.2, 0) is 0 Å². The summed E-state index contributed by atoms with van der Waals surface area (Å²) in [6, 6.07) is 4.76. The van der Waals surface area contributed by atoms with Gasteiger partial charge >= 0.3 is 0 Å². The van der Waals surface area contributed by atoms with Crippen LogP contribution in [0, 0.1) is 20.8 Å². The van der Waals surface area contributed by atoms with E-state index in [1.54, 1.807) is 0 Å². The molecule has 0 radical (unpaired) electrons. The Balaban J connectivity index is 2.73. The quantitative estimate of drug-likeness (QED) is 0.816. The fourth-order valence-corrected chi connectivity index (χ4v) is 2.01. The van der Waals surface area contributed by atoms with Crippen molar-refractivity contribution in [1.82, 2.24) is 0 Å². The third-order valence-corrected chi connectivity index (χ3v) is 2.81. The van der Waals surface area contributed by atoms with Crippen LogP contribution in [0.5, 0.6) is 0 Å². The maximum Gasteiger partial charge on any atom is 0.00134 e. The zero-order valence-electron chi connectivity index (χ0n) is 10.9. The Hall–Kier alpha value is -1.08. The Morgan fingerprint density at radius 2 is 1.75 bits per heavy atom. The topological polar surface area (TPSA) is 26.0 Å². The minimum atomic E-state index is 0.296. The van der Waals surface area contributed by atoms with Gasteiger partial charge in [0.1, 0.15) is 0 Å². The van der Waals surface area contributed by atoms with Gasteiger partial charge in [-0.2, -0.15) is 0 Å². The van der Waals surface area contributed by atoms with Gasteiger partial charge in [-0.1, -0.05) is 29.8 Å². The summed E-state index contributed by atoms with van der Waals surface area (Å²) in [5.74, 6) is 0. The molecule has 1 aromatic rings. The number of aryl methyl sites for hydroxylation is 3. The molecule has 0 saturated heterocycles. The molecule has 2 N–H and O–H groups in total. The summed E-state index contributed by atoms with van der Waals surface area (Å²) in [6.45, 7) is 8.54. The second-order valence-corrected chi connectivity index (χ2v) is 4.77. The molecule has 1 rings (SSSR count). The predicted molar refractivity (Wildman–Crippen MR) is 72.6 cm³/mol. The summed E-state index contributed by atoms with van der Waals surface area (Å²) in [6.07, 6.45) is 6.57. The van der Waals surface area contributed by atoms with E-state index >= 15 is 0 Å². The van der Waals surface area contributed by atoms with Crippen molar-refractivity contribution in [3.8, 4) is 0 Å². The Morgan fingerprint density at radius 1 is 1.19 bits per heavy atom. The summed E-state index contributed by atoms with van der Waals surface area (Å²) in [5, 5.41) is 0. The number of rotatable bonds is 4. The minimum Gasteiger partial charge on any atom is -0.328 e. The van der Waals surface area contributed by atoms with Crippen molar-refractivity contribution in [2.75, 3.05) is 0 Å². The van der Waals surface area contributed by atoms with E-state index in [1.165, 1.54) is 22.3 Å². The van der Waals surface area contributed by atoms with Crippen LogP contribution in [0.1, 0.15) is 42.0 Å². The van der Waals surface area contributed by atoms with Gasteiger partial charge in [-0.05, 0) is 57.2 Å². The van der Waals surface area contributed by atoms with E-state index in [0.29, 0.717) is 6.04 Å². The summed E-state index contributed by atoms with van der Waals surface area (Å²) >= 11 is 0. The van der Waals surface area contributed by atoms with Gasteiger partial charge in [-0.3, -0.25) is 0 Å². The van der Waals surface area contributed by atoms with Crippen molar-refractivity contribution < 1.29 is 0 Å². The molecule has 0 spiro atoms. The van der Waals surface area contributed by atoms with E-state index in [2.05, 4.69) is 52.0 Å². The van der Waals surface area contributed by atoms with E-state index in [4.69, 9.17) is 5.73 Å². The van der Waals surface area contributed by atoms with Crippen LogP contribution in [0.2, 0.25) is 0 Å². The molecule has 1 aromatic carbocycles. The smallest absolute Gasteiger partial charge is 0.00134 e. The highest BCUT2D eigenvalue weighted by molar-refractivity contribution is 5.58. The van der Waals surface area contributed by atoms with Gasteiger partial charge in [-0.25, -0.2) is 0 Å². The first-order valence-corrected chi connectivity index (χ1v) is 6.00. The van der Waals surface area contributed by atoms with Gasteiger partial charge in [0.2, 0.25) is 0 Å². The third-order valence-electron chi connectivity index (χ3n) is 2.81. The molecule has 0 amide bonds. The van der Waals surface area contributed by atoms with Gasteiger partial charge in [0.15, 0.2) is 0 Å². The van der Waals surface area contributed by atoms with E-state index in [1.807, 2.05) is 0 Å². The molecule has 0 aromatic heterocycles. The van der Waals surface area contributed by atoms with Gasteiger partial charge in [0.05, 0.1) is 0 Å². The first kappa shape index (κ1) is 13.0. The normalized spacial score (nSPS) is 13.3. The molecule has 0 bridgehead atoms. The highest BCUT2D eigenvalue weighted by Crippen LogP contribution is 2.18. The van der Waals surface area contributed by atoms with Crippen molar-refractivity contribution >= 4 is 6.08 Å². The largest absolute Gasteiger partial charge is 0.328 e. The number of hydrogen-bond acceptors (Lipinski definition) is 1. The molecule has 88 valence electrons. The Kier molecular flexibility index (Phi) is 4.75.